The molecule has 1 heterocycles. The standard InChI is InChI=1S/C21H19F3N2O4/c22-21(23,24)16-9-6-14(7-10-16)8-11-18(27)25-17(15-4-2-1-3-5-15)12-26-19(28)13-30-20(26)29/h1-7,9-10,17H,8,11-13H2,(H,25,27). The van der Waals surface area contributed by atoms with Gasteiger partial charge in [-0.3, -0.25) is 9.59 Å². The lowest BCUT2D eigenvalue weighted by Gasteiger charge is -2.23. The quantitative estimate of drug-likeness (QED) is 0.744. The Kier molecular flexibility index (Phi) is 6.39. The second-order valence-electron chi connectivity index (χ2n) is 6.78. The summed E-state index contributed by atoms with van der Waals surface area (Å²) in [7, 11) is 0. The first-order valence-corrected chi connectivity index (χ1v) is 9.21. The molecule has 2 aromatic carbocycles. The minimum absolute atomic E-state index is 0.0348. The van der Waals surface area contributed by atoms with Crippen LogP contribution < -0.4 is 5.32 Å². The van der Waals surface area contributed by atoms with E-state index in [9.17, 15) is 27.6 Å². The van der Waals surface area contributed by atoms with Crippen molar-refractivity contribution in [1.29, 1.82) is 0 Å². The van der Waals surface area contributed by atoms with Gasteiger partial charge in [-0.05, 0) is 29.7 Å². The van der Waals surface area contributed by atoms with E-state index in [0.29, 0.717) is 11.1 Å². The zero-order valence-corrected chi connectivity index (χ0v) is 15.8. The highest BCUT2D eigenvalue weighted by atomic mass is 19.4. The molecule has 158 valence electrons. The summed E-state index contributed by atoms with van der Waals surface area (Å²) in [5.74, 6) is -0.844. The Morgan fingerprint density at radius 3 is 2.30 bits per heavy atom. The van der Waals surface area contributed by atoms with E-state index in [4.69, 9.17) is 4.74 Å². The summed E-state index contributed by atoms with van der Waals surface area (Å²) in [5.41, 5.74) is 0.544. The van der Waals surface area contributed by atoms with E-state index in [1.165, 1.54) is 12.1 Å². The van der Waals surface area contributed by atoms with Crippen molar-refractivity contribution in [2.45, 2.75) is 25.1 Å². The topological polar surface area (TPSA) is 75.7 Å². The molecule has 3 amide bonds. The average Bonchev–Trinajstić information content (AvgIpc) is 3.04. The molecule has 1 N–H and O–H groups in total. The average molecular weight is 420 g/mol. The summed E-state index contributed by atoms with van der Waals surface area (Å²) in [6.07, 6.45) is -4.89. The highest BCUT2D eigenvalue weighted by Gasteiger charge is 2.34. The van der Waals surface area contributed by atoms with Crippen LogP contribution in [0.15, 0.2) is 54.6 Å². The van der Waals surface area contributed by atoms with E-state index in [2.05, 4.69) is 5.32 Å². The molecule has 1 saturated heterocycles. The number of hydrogen-bond donors (Lipinski definition) is 1. The van der Waals surface area contributed by atoms with Gasteiger partial charge in [-0.2, -0.15) is 13.2 Å². The molecular weight excluding hydrogens is 401 g/mol. The molecule has 0 bridgehead atoms. The lowest BCUT2D eigenvalue weighted by atomic mass is 10.0. The molecule has 1 unspecified atom stereocenters. The minimum atomic E-state index is -4.41. The van der Waals surface area contributed by atoms with E-state index in [1.54, 1.807) is 30.3 Å². The van der Waals surface area contributed by atoms with E-state index in [1.807, 2.05) is 0 Å². The molecule has 1 fully saturated rings. The molecule has 6 nitrogen and oxygen atoms in total. The Balaban J connectivity index is 1.63. The molecule has 0 radical (unpaired) electrons. The summed E-state index contributed by atoms with van der Waals surface area (Å²) in [6.45, 7) is -0.407. The van der Waals surface area contributed by atoms with Crippen LogP contribution in [0.4, 0.5) is 18.0 Å². The molecule has 3 rings (SSSR count). The number of nitrogens with zero attached hydrogens (tertiary/aromatic N) is 1. The van der Waals surface area contributed by atoms with Crippen LogP contribution in [0.1, 0.15) is 29.2 Å². The van der Waals surface area contributed by atoms with Crippen molar-refractivity contribution in [3.8, 4) is 0 Å². The van der Waals surface area contributed by atoms with Crippen LogP contribution in [-0.2, 0) is 26.9 Å². The maximum absolute atomic E-state index is 12.6. The summed E-state index contributed by atoms with van der Waals surface area (Å²) in [6, 6.07) is 12.8. The van der Waals surface area contributed by atoms with E-state index in [0.717, 1.165) is 17.0 Å². The van der Waals surface area contributed by atoms with Gasteiger partial charge in [0.2, 0.25) is 5.91 Å². The van der Waals surface area contributed by atoms with Gasteiger partial charge in [0.15, 0.2) is 6.61 Å². The summed E-state index contributed by atoms with van der Waals surface area (Å²) >= 11 is 0. The lowest BCUT2D eigenvalue weighted by Crippen LogP contribution is -2.40. The van der Waals surface area contributed by atoms with Gasteiger partial charge in [-0.25, -0.2) is 9.69 Å². The van der Waals surface area contributed by atoms with Gasteiger partial charge >= 0.3 is 12.3 Å². The van der Waals surface area contributed by atoms with Crippen molar-refractivity contribution in [3.63, 3.8) is 0 Å². The molecule has 1 atom stereocenters. The Morgan fingerprint density at radius 1 is 1.07 bits per heavy atom. The Labute approximate surface area is 170 Å². The number of ether oxygens (including phenoxy) is 1. The van der Waals surface area contributed by atoms with Gasteiger partial charge < -0.3 is 10.1 Å². The fourth-order valence-electron chi connectivity index (χ4n) is 3.04. The monoisotopic (exact) mass is 420 g/mol. The van der Waals surface area contributed by atoms with Gasteiger partial charge in [-0.1, -0.05) is 42.5 Å². The zero-order chi connectivity index (χ0) is 21.7. The molecule has 9 heteroatoms. The molecule has 2 aromatic rings. The third-order valence-corrected chi connectivity index (χ3v) is 4.66. The number of aryl methyl sites for hydroxylation is 1. The molecule has 1 aliphatic heterocycles. The third-order valence-electron chi connectivity index (χ3n) is 4.66. The molecule has 0 spiro atoms. The predicted molar refractivity (Wildman–Crippen MR) is 100 cm³/mol. The number of halogens is 3. The summed E-state index contributed by atoms with van der Waals surface area (Å²) in [5, 5.41) is 2.79. The van der Waals surface area contributed by atoms with Crippen LogP contribution in [0.3, 0.4) is 0 Å². The van der Waals surface area contributed by atoms with Crippen molar-refractivity contribution in [2.24, 2.45) is 0 Å². The second-order valence-corrected chi connectivity index (χ2v) is 6.78. The minimum Gasteiger partial charge on any atom is -0.439 e. The first-order chi connectivity index (χ1) is 14.2. The summed E-state index contributed by atoms with van der Waals surface area (Å²) < 4.78 is 42.6. The molecule has 1 aliphatic rings. The number of benzene rings is 2. The normalized spacial score (nSPS) is 15.1. The largest absolute Gasteiger partial charge is 0.439 e. The van der Waals surface area contributed by atoms with Gasteiger partial charge in [0, 0.05) is 6.42 Å². The van der Waals surface area contributed by atoms with Crippen LogP contribution in [0.5, 0.6) is 0 Å². The van der Waals surface area contributed by atoms with Gasteiger partial charge in [0.25, 0.3) is 5.91 Å². The van der Waals surface area contributed by atoms with Crippen LogP contribution in [0.25, 0.3) is 0 Å². The van der Waals surface area contributed by atoms with Gasteiger partial charge in [0.05, 0.1) is 18.2 Å². The second kappa shape index (κ2) is 8.98. The predicted octanol–water partition coefficient (Wildman–Crippen LogP) is 3.47. The maximum Gasteiger partial charge on any atom is 0.417 e. The molecule has 0 aliphatic carbocycles. The number of carbonyl (C=O) groups excluding carboxylic acids is 3. The lowest BCUT2D eigenvalue weighted by molar-refractivity contribution is -0.137. The smallest absolute Gasteiger partial charge is 0.417 e. The Hall–Kier alpha value is -3.36. The number of carbonyl (C=O) groups is 3. The van der Waals surface area contributed by atoms with Gasteiger partial charge in [0.1, 0.15) is 0 Å². The zero-order valence-electron chi connectivity index (χ0n) is 15.8. The number of imide groups is 1. The first-order valence-electron chi connectivity index (χ1n) is 9.21. The number of cyclic esters (lactones) is 1. The molecular formula is C21H19F3N2O4. The Bertz CT molecular complexity index is 898. The van der Waals surface area contributed by atoms with Gasteiger partial charge in [-0.15, -0.1) is 0 Å². The molecule has 0 saturated carbocycles. The van der Waals surface area contributed by atoms with E-state index in [-0.39, 0.29) is 31.9 Å². The SMILES string of the molecule is O=C(CCc1ccc(C(F)(F)F)cc1)NC(CN1C(=O)COC1=O)c1ccccc1. The number of rotatable bonds is 7. The van der Waals surface area contributed by atoms with E-state index >= 15 is 0 Å². The maximum atomic E-state index is 12.6. The number of nitrogens with one attached hydrogen (secondary N) is 1. The fraction of sp³-hybridized carbons (Fsp3) is 0.286. The highest BCUT2D eigenvalue weighted by molar-refractivity contribution is 5.97. The summed E-state index contributed by atoms with van der Waals surface area (Å²) in [4.78, 5) is 37.0. The van der Waals surface area contributed by atoms with E-state index < -0.39 is 29.8 Å². The van der Waals surface area contributed by atoms with Crippen molar-refractivity contribution < 1.29 is 32.3 Å². The van der Waals surface area contributed by atoms with Crippen molar-refractivity contribution in [2.75, 3.05) is 13.2 Å². The molecule has 30 heavy (non-hydrogen) atoms. The van der Waals surface area contributed by atoms with Crippen molar-refractivity contribution >= 4 is 17.9 Å². The number of amides is 3. The first kappa shape index (κ1) is 21.4. The number of hydrogen-bond acceptors (Lipinski definition) is 4. The third kappa shape index (κ3) is 5.37. The Morgan fingerprint density at radius 2 is 1.73 bits per heavy atom. The van der Waals surface area contributed by atoms with Crippen LogP contribution in [0.2, 0.25) is 0 Å². The fourth-order valence-corrected chi connectivity index (χ4v) is 3.04. The highest BCUT2D eigenvalue weighted by Crippen LogP contribution is 2.29. The van der Waals surface area contributed by atoms with Crippen LogP contribution in [-0.4, -0.2) is 36.0 Å². The van der Waals surface area contributed by atoms with Crippen LogP contribution >= 0.6 is 0 Å². The van der Waals surface area contributed by atoms with Crippen LogP contribution in [0, 0.1) is 0 Å². The van der Waals surface area contributed by atoms with Crippen molar-refractivity contribution in [3.05, 3.63) is 71.3 Å². The molecule has 0 aromatic heterocycles. The van der Waals surface area contributed by atoms with Crippen molar-refractivity contribution in [1.82, 2.24) is 10.2 Å². The number of alkyl halides is 3.